The van der Waals surface area contributed by atoms with E-state index in [-0.39, 0.29) is 6.61 Å². The third kappa shape index (κ3) is 2.13. The van der Waals surface area contributed by atoms with E-state index in [9.17, 15) is 15.3 Å². The normalized spacial score (nSPS) is 27.8. The molecular formula is C14H15N5O4. The van der Waals surface area contributed by atoms with Crippen LogP contribution in [0.3, 0.4) is 0 Å². The van der Waals surface area contributed by atoms with Gasteiger partial charge >= 0.3 is 0 Å². The van der Waals surface area contributed by atoms with Crippen LogP contribution in [0.5, 0.6) is 0 Å². The molecule has 0 spiro atoms. The monoisotopic (exact) mass is 317 g/mol. The van der Waals surface area contributed by atoms with Gasteiger partial charge in [0.25, 0.3) is 0 Å². The predicted octanol–water partition coefficient (Wildman–Crippen LogP) is -0.567. The molecule has 23 heavy (non-hydrogen) atoms. The number of ether oxygens (including phenoxy) is 1. The number of H-pyrrole nitrogens is 1. The Morgan fingerprint density at radius 2 is 2.09 bits per heavy atom. The number of nitrogens with zero attached hydrogens (tertiary/aromatic N) is 4. The van der Waals surface area contributed by atoms with Crippen LogP contribution in [0.25, 0.3) is 22.4 Å². The Kier molecular flexibility index (Phi) is 3.34. The standard InChI is InChI=1S/C14H15N5O4/c20-4-9-11(21)12(22)14(23-9)19-2-1-7-10(8-3-15-5-16-8)17-6-18-13(7)19/h1-3,5-6,9,11-12,14,20-22H,4H2,(H,15,16)/t9-,11-,12-,14-/m1/s1. The quantitative estimate of drug-likeness (QED) is 0.509. The van der Waals surface area contributed by atoms with E-state index in [0.29, 0.717) is 17.0 Å². The van der Waals surface area contributed by atoms with Crippen molar-refractivity contribution in [1.82, 2.24) is 24.5 Å². The van der Waals surface area contributed by atoms with Gasteiger partial charge in [0.05, 0.1) is 12.9 Å². The number of nitrogens with one attached hydrogen (secondary N) is 1. The minimum atomic E-state index is -1.16. The molecule has 0 bridgehead atoms. The van der Waals surface area contributed by atoms with Crippen LogP contribution < -0.4 is 0 Å². The van der Waals surface area contributed by atoms with Crippen molar-refractivity contribution >= 4 is 11.0 Å². The first-order chi connectivity index (χ1) is 11.2. The molecule has 4 atom stereocenters. The van der Waals surface area contributed by atoms with Crippen molar-refractivity contribution in [2.75, 3.05) is 6.61 Å². The molecule has 9 nitrogen and oxygen atoms in total. The third-order valence-corrected chi connectivity index (χ3v) is 4.04. The molecule has 0 aliphatic carbocycles. The molecule has 4 rings (SSSR count). The van der Waals surface area contributed by atoms with E-state index < -0.39 is 24.5 Å². The maximum Gasteiger partial charge on any atom is 0.164 e. The highest BCUT2D eigenvalue weighted by Gasteiger charge is 2.43. The fourth-order valence-corrected chi connectivity index (χ4v) is 2.88. The van der Waals surface area contributed by atoms with Crippen molar-refractivity contribution in [2.24, 2.45) is 0 Å². The highest BCUT2D eigenvalue weighted by atomic mass is 16.6. The summed E-state index contributed by atoms with van der Waals surface area (Å²) in [5, 5.41) is 30.0. The Hall–Kier alpha value is -2.33. The maximum absolute atomic E-state index is 10.2. The Labute approximate surface area is 130 Å². The molecule has 1 aliphatic rings. The van der Waals surface area contributed by atoms with E-state index in [0.717, 1.165) is 5.39 Å². The molecule has 1 aliphatic heterocycles. The lowest BCUT2D eigenvalue weighted by Crippen LogP contribution is -2.33. The first-order valence-electron chi connectivity index (χ1n) is 7.14. The van der Waals surface area contributed by atoms with Crippen LogP contribution in [-0.4, -0.2) is 64.7 Å². The van der Waals surface area contributed by atoms with Gasteiger partial charge in [0.15, 0.2) is 6.23 Å². The molecule has 4 heterocycles. The second kappa shape index (κ2) is 5.39. The van der Waals surface area contributed by atoms with Crippen molar-refractivity contribution in [3.8, 4) is 11.4 Å². The average molecular weight is 317 g/mol. The first kappa shape index (κ1) is 14.3. The molecule has 0 saturated carbocycles. The molecule has 0 radical (unpaired) electrons. The van der Waals surface area contributed by atoms with Crippen LogP contribution in [0, 0.1) is 0 Å². The summed E-state index contributed by atoms with van der Waals surface area (Å²) in [7, 11) is 0. The number of aliphatic hydroxyl groups excluding tert-OH is 3. The van der Waals surface area contributed by atoms with E-state index in [1.54, 1.807) is 29.4 Å². The number of hydrogen-bond acceptors (Lipinski definition) is 7. The van der Waals surface area contributed by atoms with Crippen molar-refractivity contribution in [3.05, 3.63) is 31.1 Å². The lowest BCUT2D eigenvalue weighted by Gasteiger charge is -2.17. The summed E-state index contributed by atoms with van der Waals surface area (Å²) >= 11 is 0. The molecule has 0 aromatic carbocycles. The Morgan fingerprint density at radius 1 is 1.22 bits per heavy atom. The van der Waals surface area contributed by atoms with Gasteiger partial charge in [0.2, 0.25) is 0 Å². The van der Waals surface area contributed by atoms with Gasteiger partial charge in [-0.15, -0.1) is 0 Å². The molecule has 120 valence electrons. The zero-order chi connectivity index (χ0) is 16.0. The summed E-state index contributed by atoms with van der Waals surface area (Å²) in [5.74, 6) is 0. The Bertz CT molecular complexity index is 818. The van der Waals surface area contributed by atoms with Gasteiger partial charge in [-0.1, -0.05) is 0 Å². The second-order valence-electron chi connectivity index (χ2n) is 5.37. The van der Waals surface area contributed by atoms with Gasteiger partial charge in [-0.3, -0.25) is 0 Å². The number of aromatic nitrogens is 5. The number of fused-ring (bicyclic) bond motifs is 1. The highest BCUT2D eigenvalue weighted by molar-refractivity contribution is 5.89. The van der Waals surface area contributed by atoms with Crippen LogP contribution >= 0.6 is 0 Å². The molecule has 9 heteroatoms. The number of imidazole rings is 1. The van der Waals surface area contributed by atoms with Crippen LogP contribution in [-0.2, 0) is 4.74 Å². The van der Waals surface area contributed by atoms with Gasteiger partial charge in [-0.25, -0.2) is 15.0 Å². The molecule has 0 amide bonds. The number of rotatable bonds is 3. The largest absolute Gasteiger partial charge is 0.394 e. The summed E-state index contributed by atoms with van der Waals surface area (Å²) in [5.41, 5.74) is 1.88. The van der Waals surface area contributed by atoms with Crippen molar-refractivity contribution in [3.63, 3.8) is 0 Å². The topological polar surface area (TPSA) is 129 Å². The van der Waals surface area contributed by atoms with Crippen molar-refractivity contribution in [2.45, 2.75) is 24.5 Å². The van der Waals surface area contributed by atoms with E-state index in [4.69, 9.17) is 4.74 Å². The third-order valence-electron chi connectivity index (χ3n) is 4.04. The van der Waals surface area contributed by atoms with E-state index in [1.165, 1.54) is 6.33 Å². The van der Waals surface area contributed by atoms with Crippen LogP contribution in [0.15, 0.2) is 31.1 Å². The number of aromatic amines is 1. The zero-order valence-corrected chi connectivity index (χ0v) is 11.9. The fourth-order valence-electron chi connectivity index (χ4n) is 2.88. The van der Waals surface area contributed by atoms with Crippen molar-refractivity contribution in [1.29, 1.82) is 0 Å². The molecule has 3 aromatic heterocycles. The predicted molar refractivity (Wildman–Crippen MR) is 78.1 cm³/mol. The SMILES string of the molecule is OC[C@H]1O[C@@H](n2ccc3c(-c4c[nH]cn4)ncnc32)[C@H](O)[C@@H]1O. The summed E-state index contributed by atoms with van der Waals surface area (Å²) in [6.07, 6.45) is 2.42. The second-order valence-corrected chi connectivity index (χ2v) is 5.37. The van der Waals surface area contributed by atoms with E-state index in [1.807, 2.05) is 0 Å². The van der Waals surface area contributed by atoms with Crippen LogP contribution in [0.2, 0.25) is 0 Å². The highest BCUT2D eigenvalue weighted by Crippen LogP contribution is 2.33. The number of aliphatic hydroxyl groups is 3. The summed E-state index contributed by atoms with van der Waals surface area (Å²) in [6, 6.07) is 1.80. The lowest BCUT2D eigenvalue weighted by molar-refractivity contribution is -0.0508. The van der Waals surface area contributed by atoms with Gasteiger partial charge in [0, 0.05) is 17.8 Å². The van der Waals surface area contributed by atoms with Gasteiger partial charge in [-0.05, 0) is 6.07 Å². The average Bonchev–Trinajstić information content (AvgIpc) is 3.28. The van der Waals surface area contributed by atoms with Gasteiger partial charge in [0.1, 0.15) is 41.7 Å². The van der Waals surface area contributed by atoms with Crippen LogP contribution in [0.1, 0.15) is 6.23 Å². The first-order valence-corrected chi connectivity index (χ1v) is 7.14. The van der Waals surface area contributed by atoms with Crippen molar-refractivity contribution < 1.29 is 20.1 Å². The molecular weight excluding hydrogens is 302 g/mol. The molecule has 1 saturated heterocycles. The Balaban J connectivity index is 1.80. The summed E-state index contributed by atoms with van der Waals surface area (Å²) < 4.78 is 7.17. The lowest BCUT2D eigenvalue weighted by atomic mass is 10.1. The molecule has 3 aromatic rings. The Morgan fingerprint density at radius 3 is 2.78 bits per heavy atom. The zero-order valence-electron chi connectivity index (χ0n) is 11.9. The van der Waals surface area contributed by atoms with Gasteiger partial charge in [-0.2, -0.15) is 0 Å². The van der Waals surface area contributed by atoms with Gasteiger partial charge < -0.3 is 29.6 Å². The smallest absolute Gasteiger partial charge is 0.164 e. The fraction of sp³-hybridized carbons (Fsp3) is 0.357. The minimum absolute atomic E-state index is 0.374. The molecule has 0 unspecified atom stereocenters. The van der Waals surface area contributed by atoms with E-state index >= 15 is 0 Å². The summed E-state index contributed by atoms with van der Waals surface area (Å²) in [6.45, 7) is -0.374. The molecule has 4 N–H and O–H groups in total. The maximum atomic E-state index is 10.2. The summed E-state index contributed by atoms with van der Waals surface area (Å²) in [4.78, 5) is 15.6. The minimum Gasteiger partial charge on any atom is -0.394 e. The number of hydrogen-bond donors (Lipinski definition) is 4. The molecule has 1 fully saturated rings. The van der Waals surface area contributed by atoms with Crippen LogP contribution in [0.4, 0.5) is 0 Å². The van der Waals surface area contributed by atoms with E-state index in [2.05, 4.69) is 19.9 Å².